The summed E-state index contributed by atoms with van der Waals surface area (Å²) < 4.78 is 33.1. The number of hydrogen-bond acceptors (Lipinski definition) is 5. The molecule has 0 spiro atoms. The lowest BCUT2D eigenvalue weighted by Crippen LogP contribution is -2.20. The molecule has 0 aliphatic carbocycles. The van der Waals surface area contributed by atoms with E-state index in [0.29, 0.717) is 17.1 Å². The maximum Gasteiger partial charge on any atom is 0.262 e. The predicted molar refractivity (Wildman–Crippen MR) is 102 cm³/mol. The van der Waals surface area contributed by atoms with Crippen molar-refractivity contribution in [2.45, 2.75) is 4.90 Å². The first-order chi connectivity index (χ1) is 13.0. The molecule has 1 heterocycles. The molecule has 8 heteroatoms. The zero-order valence-corrected chi connectivity index (χ0v) is 15.2. The largest absolute Gasteiger partial charge is 0.497 e. The number of anilines is 2. The van der Waals surface area contributed by atoms with Gasteiger partial charge in [0.25, 0.3) is 15.9 Å². The van der Waals surface area contributed by atoms with Crippen molar-refractivity contribution in [2.75, 3.05) is 17.1 Å². The van der Waals surface area contributed by atoms with Crippen LogP contribution in [0.4, 0.5) is 11.4 Å². The normalized spacial score (nSPS) is 10.9. The summed E-state index contributed by atoms with van der Waals surface area (Å²) in [5, 5.41) is 2.66. The highest BCUT2D eigenvalue weighted by Crippen LogP contribution is 2.22. The number of nitrogens with zero attached hydrogens (tertiary/aromatic N) is 1. The third-order valence-electron chi connectivity index (χ3n) is 3.70. The second-order valence-corrected chi connectivity index (χ2v) is 7.17. The summed E-state index contributed by atoms with van der Waals surface area (Å²) in [4.78, 5) is 16.3. The molecule has 0 atom stereocenters. The minimum atomic E-state index is -3.96. The fourth-order valence-electron chi connectivity index (χ4n) is 2.39. The fourth-order valence-corrected chi connectivity index (χ4v) is 3.66. The van der Waals surface area contributed by atoms with Crippen molar-refractivity contribution in [3.8, 4) is 5.75 Å². The minimum absolute atomic E-state index is 0.0373. The fraction of sp³-hybridized carbons (Fsp3) is 0.0526. The maximum atomic E-state index is 12.8. The summed E-state index contributed by atoms with van der Waals surface area (Å²) in [7, 11) is -2.44. The van der Waals surface area contributed by atoms with E-state index >= 15 is 0 Å². The topological polar surface area (TPSA) is 97.4 Å². The van der Waals surface area contributed by atoms with Crippen LogP contribution in [0, 0.1) is 0 Å². The number of aromatic nitrogens is 1. The molecule has 2 aromatic carbocycles. The van der Waals surface area contributed by atoms with Gasteiger partial charge in [-0.3, -0.25) is 14.5 Å². The third-order valence-corrected chi connectivity index (χ3v) is 5.14. The van der Waals surface area contributed by atoms with Gasteiger partial charge in [-0.15, -0.1) is 0 Å². The quantitative estimate of drug-likeness (QED) is 0.681. The lowest BCUT2D eigenvalue weighted by molar-refractivity contribution is 0.102. The van der Waals surface area contributed by atoms with E-state index in [2.05, 4.69) is 15.0 Å². The van der Waals surface area contributed by atoms with Gasteiger partial charge in [0, 0.05) is 23.8 Å². The molecule has 0 unspecified atom stereocenters. The number of benzene rings is 2. The summed E-state index contributed by atoms with van der Waals surface area (Å²) in [6.07, 6.45) is 3.06. The van der Waals surface area contributed by atoms with Crippen LogP contribution in [0.1, 0.15) is 10.4 Å². The standard InChI is InChI=1S/C19H17N3O4S/c1-26-16-8-6-15(7-9-16)22-27(24,25)18-5-3-2-4-17(18)19(23)21-14-10-12-20-13-11-14/h2-13,22H,1H3,(H,20,21,23). The molecule has 1 amide bonds. The number of sulfonamides is 1. The highest BCUT2D eigenvalue weighted by atomic mass is 32.2. The van der Waals surface area contributed by atoms with Gasteiger partial charge in [0.1, 0.15) is 10.6 Å². The SMILES string of the molecule is COc1ccc(NS(=O)(=O)c2ccccc2C(=O)Nc2ccncc2)cc1. The summed E-state index contributed by atoms with van der Waals surface area (Å²) in [6, 6.07) is 15.7. The number of amides is 1. The molecule has 0 radical (unpaired) electrons. The van der Waals surface area contributed by atoms with Crippen molar-refractivity contribution in [3.63, 3.8) is 0 Å². The third kappa shape index (κ3) is 4.42. The average molecular weight is 383 g/mol. The zero-order chi connectivity index (χ0) is 19.3. The van der Waals surface area contributed by atoms with Crippen molar-refractivity contribution in [3.05, 3.63) is 78.6 Å². The van der Waals surface area contributed by atoms with Crippen LogP contribution in [-0.4, -0.2) is 26.4 Å². The molecule has 0 aliphatic heterocycles. The van der Waals surface area contributed by atoms with Crippen molar-refractivity contribution >= 4 is 27.3 Å². The van der Waals surface area contributed by atoms with Crippen molar-refractivity contribution in [1.29, 1.82) is 0 Å². The average Bonchev–Trinajstić information content (AvgIpc) is 2.69. The van der Waals surface area contributed by atoms with Crippen LogP contribution in [0.2, 0.25) is 0 Å². The first kappa shape index (κ1) is 18.4. The van der Waals surface area contributed by atoms with Gasteiger partial charge in [-0.1, -0.05) is 12.1 Å². The Morgan fingerprint density at radius 1 is 0.926 bits per heavy atom. The number of methoxy groups -OCH3 is 1. The van der Waals surface area contributed by atoms with Gasteiger partial charge in [-0.05, 0) is 48.5 Å². The molecule has 3 aromatic rings. The summed E-state index contributed by atoms with van der Waals surface area (Å²) in [5.41, 5.74) is 0.917. The van der Waals surface area contributed by atoms with Gasteiger partial charge < -0.3 is 10.1 Å². The number of hydrogen-bond donors (Lipinski definition) is 2. The Morgan fingerprint density at radius 3 is 2.26 bits per heavy atom. The van der Waals surface area contributed by atoms with E-state index in [4.69, 9.17) is 4.74 Å². The van der Waals surface area contributed by atoms with Gasteiger partial charge in [-0.25, -0.2) is 8.42 Å². The van der Waals surface area contributed by atoms with E-state index in [9.17, 15) is 13.2 Å². The molecule has 2 N–H and O–H groups in total. The van der Waals surface area contributed by atoms with Crippen LogP contribution in [0.3, 0.4) is 0 Å². The van der Waals surface area contributed by atoms with Crippen molar-refractivity contribution < 1.29 is 17.9 Å². The Balaban J connectivity index is 1.88. The summed E-state index contributed by atoms with van der Waals surface area (Å²) in [6.45, 7) is 0. The second-order valence-electron chi connectivity index (χ2n) is 5.52. The number of rotatable bonds is 6. The number of carbonyl (C=O) groups is 1. The predicted octanol–water partition coefficient (Wildman–Crippen LogP) is 3.14. The monoisotopic (exact) mass is 383 g/mol. The molecule has 1 aromatic heterocycles. The number of carbonyl (C=O) groups excluding carboxylic acids is 1. The molecule has 0 bridgehead atoms. The first-order valence-electron chi connectivity index (χ1n) is 7.97. The molecule has 3 rings (SSSR count). The second kappa shape index (κ2) is 7.88. The number of pyridine rings is 1. The Morgan fingerprint density at radius 2 is 1.59 bits per heavy atom. The minimum Gasteiger partial charge on any atom is -0.497 e. The number of nitrogens with one attached hydrogen (secondary N) is 2. The Labute approximate surface area is 157 Å². The van der Waals surface area contributed by atoms with E-state index in [1.54, 1.807) is 48.5 Å². The molecule has 0 aliphatic rings. The molecule has 0 fully saturated rings. The summed E-state index contributed by atoms with van der Waals surface area (Å²) >= 11 is 0. The highest BCUT2D eigenvalue weighted by Gasteiger charge is 2.22. The smallest absolute Gasteiger partial charge is 0.262 e. The van der Waals surface area contributed by atoms with Crippen LogP contribution >= 0.6 is 0 Å². The lowest BCUT2D eigenvalue weighted by atomic mass is 10.2. The molecular formula is C19H17N3O4S. The van der Waals surface area contributed by atoms with Crippen LogP contribution in [0.5, 0.6) is 5.75 Å². The molecular weight excluding hydrogens is 366 g/mol. The number of ether oxygens (including phenoxy) is 1. The van der Waals surface area contributed by atoms with Gasteiger partial charge in [0.15, 0.2) is 0 Å². The van der Waals surface area contributed by atoms with E-state index < -0.39 is 15.9 Å². The van der Waals surface area contributed by atoms with E-state index in [1.165, 1.54) is 31.6 Å². The molecule has 138 valence electrons. The van der Waals surface area contributed by atoms with E-state index in [0.717, 1.165) is 0 Å². The Hall–Kier alpha value is -3.39. The van der Waals surface area contributed by atoms with Crippen molar-refractivity contribution in [2.24, 2.45) is 0 Å². The van der Waals surface area contributed by atoms with Gasteiger partial charge in [0.2, 0.25) is 0 Å². The molecule has 7 nitrogen and oxygen atoms in total. The lowest BCUT2D eigenvalue weighted by Gasteiger charge is -2.13. The maximum absolute atomic E-state index is 12.8. The molecule has 27 heavy (non-hydrogen) atoms. The molecule has 0 saturated heterocycles. The Bertz CT molecular complexity index is 1040. The van der Waals surface area contributed by atoms with Gasteiger partial charge in [0.05, 0.1) is 12.7 Å². The van der Waals surface area contributed by atoms with E-state index in [-0.39, 0.29) is 10.5 Å². The highest BCUT2D eigenvalue weighted by molar-refractivity contribution is 7.92. The van der Waals surface area contributed by atoms with Crippen LogP contribution in [-0.2, 0) is 10.0 Å². The first-order valence-corrected chi connectivity index (χ1v) is 9.45. The Kier molecular flexibility index (Phi) is 5.37. The summed E-state index contributed by atoms with van der Waals surface area (Å²) in [5.74, 6) is 0.0759. The van der Waals surface area contributed by atoms with Crippen LogP contribution in [0.25, 0.3) is 0 Å². The van der Waals surface area contributed by atoms with Gasteiger partial charge >= 0.3 is 0 Å². The van der Waals surface area contributed by atoms with Crippen molar-refractivity contribution in [1.82, 2.24) is 4.98 Å². The molecule has 0 saturated carbocycles. The van der Waals surface area contributed by atoms with E-state index in [1.807, 2.05) is 0 Å². The van der Waals surface area contributed by atoms with Gasteiger partial charge in [-0.2, -0.15) is 0 Å². The van der Waals surface area contributed by atoms with Crippen LogP contribution in [0.15, 0.2) is 78.0 Å². The van der Waals surface area contributed by atoms with Crippen LogP contribution < -0.4 is 14.8 Å². The zero-order valence-electron chi connectivity index (χ0n) is 14.4.